The summed E-state index contributed by atoms with van der Waals surface area (Å²) in [6.45, 7) is 1.28. The van der Waals surface area contributed by atoms with Gasteiger partial charge in [-0.15, -0.1) is 0 Å². The molecule has 1 aromatic carbocycles. The second-order valence-electron chi connectivity index (χ2n) is 6.55. The minimum Gasteiger partial charge on any atom is -0.383 e. The lowest BCUT2D eigenvalue weighted by atomic mass is 10.0. The van der Waals surface area contributed by atoms with E-state index in [4.69, 9.17) is 5.73 Å². The zero-order valence-electron chi connectivity index (χ0n) is 15.6. The molecule has 158 valence electrons. The van der Waals surface area contributed by atoms with Crippen LogP contribution in [0.4, 0.5) is 23.4 Å². The monoisotopic (exact) mass is 432 g/mol. The maximum absolute atomic E-state index is 14.3. The quantitative estimate of drug-likeness (QED) is 0.378. The normalized spacial score (nSPS) is 13.3. The number of aliphatic hydroxyl groups is 1. The molecular formula is C19H12F4N6O2. The number of fused-ring (bicyclic) bond motifs is 1. The van der Waals surface area contributed by atoms with Crippen LogP contribution in [0, 0.1) is 23.5 Å². The highest BCUT2D eigenvalue weighted by Gasteiger charge is 2.25. The number of hydrogen-bond donors (Lipinski definition) is 2. The Kier molecular flexibility index (Phi) is 4.82. The lowest BCUT2D eigenvalue weighted by Crippen LogP contribution is -2.18. The van der Waals surface area contributed by atoms with Crippen LogP contribution in [0.25, 0.3) is 16.7 Å². The second kappa shape index (κ2) is 7.37. The smallest absolute Gasteiger partial charge is 0.282 e. The van der Waals surface area contributed by atoms with Gasteiger partial charge in [-0.05, 0) is 13.0 Å². The van der Waals surface area contributed by atoms with Crippen LogP contribution in [0.5, 0.6) is 0 Å². The molecule has 8 nitrogen and oxygen atoms in total. The second-order valence-corrected chi connectivity index (χ2v) is 6.55. The number of nitrogen functional groups attached to an aromatic ring is 1. The van der Waals surface area contributed by atoms with Crippen LogP contribution in [0.3, 0.4) is 0 Å². The molecule has 0 saturated heterocycles. The lowest BCUT2D eigenvalue weighted by molar-refractivity contribution is 0.112. The van der Waals surface area contributed by atoms with Crippen LogP contribution in [-0.2, 0) is 5.60 Å². The molecule has 0 aliphatic rings. The summed E-state index contributed by atoms with van der Waals surface area (Å²) in [6.07, 6.45) is -0.774. The van der Waals surface area contributed by atoms with Gasteiger partial charge in [-0.3, -0.25) is 0 Å². The fraction of sp³-hybridized carbons (Fsp3) is 0.158. The van der Waals surface area contributed by atoms with E-state index >= 15 is 0 Å². The molecule has 3 heterocycles. The van der Waals surface area contributed by atoms with Gasteiger partial charge >= 0.3 is 0 Å². The summed E-state index contributed by atoms with van der Waals surface area (Å²) >= 11 is 0. The van der Waals surface area contributed by atoms with E-state index in [2.05, 4.69) is 36.6 Å². The first-order valence-electron chi connectivity index (χ1n) is 8.62. The van der Waals surface area contributed by atoms with Crippen molar-refractivity contribution in [3.8, 4) is 17.5 Å². The summed E-state index contributed by atoms with van der Waals surface area (Å²) in [4.78, 5) is 7.56. The van der Waals surface area contributed by atoms with Crippen molar-refractivity contribution in [2.24, 2.45) is 0 Å². The lowest BCUT2D eigenvalue weighted by Gasteiger charge is -2.11. The highest BCUT2D eigenvalue weighted by atomic mass is 19.3. The number of hydrogen-bond acceptors (Lipinski definition) is 7. The zero-order valence-corrected chi connectivity index (χ0v) is 15.6. The van der Waals surface area contributed by atoms with Crippen molar-refractivity contribution in [3.63, 3.8) is 0 Å². The van der Waals surface area contributed by atoms with Gasteiger partial charge in [0.05, 0.1) is 16.6 Å². The van der Waals surface area contributed by atoms with Gasteiger partial charge in [-0.25, -0.2) is 32.2 Å². The molecule has 0 aliphatic carbocycles. The summed E-state index contributed by atoms with van der Waals surface area (Å²) in [5, 5.41) is 17.5. The average Bonchev–Trinajstić information content (AvgIpc) is 3.38. The SMILES string of the molecule is C[C@@](O)(C#Cc1cc(-n2nc(C(F)F)c3c(N)ncnc32)cc(F)c1F)c1ccon1. The summed E-state index contributed by atoms with van der Waals surface area (Å²) in [7, 11) is 0. The van der Waals surface area contributed by atoms with E-state index in [0.717, 1.165) is 23.1 Å². The third-order valence-electron chi connectivity index (χ3n) is 4.36. The molecule has 0 aliphatic heterocycles. The molecule has 0 radical (unpaired) electrons. The molecule has 0 saturated carbocycles. The Morgan fingerprint density at radius 3 is 2.71 bits per heavy atom. The number of aromatic nitrogens is 5. The molecule has 31 heavy (non-hydrogen) atoms. The van der Waals surface area contributed by atoms with Gasteiger partial charge in [0.2, 0.25) is 0 Å². The molecule has 0 fully saturated rings. The Morgan fingerprint density at radius 1 is 1.26 bits per heavy atom. The Bertz CT molecular complexity index is 1340. The number of nitrogens with two attached hydrogens (primary N) is 1. The fourth-order valence-corrected chi connectivity index (χ4v) is 2.84. The third kappa shape index (κ3) is 3.55. The Hall–Kier alpha value is -3.98. The van der Waals surface area contributed by atoms with Crippen molar-refractivity contribution in [3.05, 3.63) is 59.4 Å². The summed E-state index contributed by atoms with van der Waals surface area (Å²) < 4.78 is 61.0. The standard InChI is InChI=1S/C19H12F4N6O2/c1-19(30,12-3-5-31-28-12)4-2-9-6-10(7-11(20)14(9)21)29-18-13(15(27-29)16(22)23)17(24)25-8-26-18/h3,5-8,16,30H,1H3,(H2,24,25,26)/t19-/m1/s1. The van der Waals surface area contributed by atoms with Crippen LogP contribution in [0.1, 0.15) is 30.3 Å². The predicted molar refractivity (Wildman–Crippen MR) is 98.9 cm³/mol. The van der Waals surface area contributed by atoms with Crippen molar-refractivity contribution in [2.75, 3.05) is 5.73 Å². The maximum Gasteiger partial charge on any atom is 0.282 e. The molecule has 4 rings (SSSR count). The van der Waals surface area contributed by atoms with Gasteiger partial charge in [0.1, 0.15) is 29.8 Å². The van der Waals surface area contributed by atoms with E-state index in [-0.39, 0.29) is 28.2 Å². The van der Waals surface area contributed by atoms with Crippen LogP contribution in [-0.4, -0.2) is 30.0 Å². The molecule has 1 atom stereocenters. The van der Waals surface area contributed by atoms with Crippen molar-refractivity contribution in [2.45, 2.75) is 19.0 Å². The van der Waals surface area contributed by atoms with E-state index in [9.17, 15) is 22.7 Å². The first kappa shape index (κ1) is 20.3. The summed E-state index contributed by atoms with van der Waals surface area (Å²) in [5.74, 6) is 1.86. The van der Waals surface area contributed by atoms with Crippen molar-refractivity contribution < 1.29 is 27.2 Å². The number of alkyl halides is 2. The minimum absolute atomic E-state index is 0.0591. The highest BCUT2D eigenvalue weighted by Crippen LogP contribution is 2.31. The average molecular weight is 432 g/mol. The van der Waals surface area contributed by atoms with Gasteiger partial charge in [0, 0.05) is 12.1 Å². The number of benzene rings is 1. The first-order valence-corrected chi connectivity index (χ1v) is 8.62. The minimum atomic E-state index is -3.01. The number of halogens is 4. The zero-order chi connectivity index (χ0) is 22.3. The third-order valence-corrected chi connectivity index (χ3v) is 4.36. The Balaban J connectivity index is 1.88. The van der Waals surface area contributed by atoms with Crippen LogP contribution < -0.4 is 5.73 Å². The van der Waals surface area contributed by atoms with Gasteiger partial charge in [-0.2, -0.15) is 5.10 Å². The van der Waals surface area contributed by atoms with Gasteiger partial charge in [-0.1, -0.05) is 17.0 Å². The van der Waals surface area contributed by atoms with Crippen molar-refractivity contribution >= 4 is 16.9 Å². The van der Waals surface area contributed by atoms with Crippen molar-refractivity contribution in [1.82, 2.24) is 24.9 Å². The predicted octanol–water partition coefficient (Wildman–Crippen LogP) is 2.86. The van der Waals surface area contributed by atoms with Crippen LogP contribution in [0.2, 0.25) is 0 Å². The Labute approximate surface area is 171 Å². The largest absolute Gasteiger partial charge is 0.383 e. The molecule has 3 aromatic heterocycles. The molecule has 4 aromatic rings. The van der Waals surface area contributed by atoms with E-state index in [1.807, 2.05) is 0 Å². The fourth-order valence-electron chi connectivity index (χ4n) is 2.84. The summed E-state index contributed by atoms with van der Waals surface area (Å²) in [6, 6.07) is 3.18. The Morgan fingerprint density at radius 2 is 2.03 bits per heavy atom. The molecule has 0 unspecified atom stereocenters. The molecule has 12 heteroatoms. The number of nitrogens with zero attached hydrogens (tertiary/aromatic N) is 5. The van der Waals surface area contributed by atoms with E-state index in [0.29, 0.717) is 0 Å². The molecule has 3 N–H and O–H groups in total. The van der Waals surface area contributed by atoms with Gasteiger partial charge in [0.25, 0.3) is 6.43 Å². The summed E-state index contributed by atoms with van der Waals surface area (Å²) in [5.41, 5.74) is 2.48. The number of anilines is 1. The molecule has 0 bridgehead atoms. The molecule has 0 amide bonds. The van der Waals surface area contributed by atoms with Crippen LogP contribution >= 0.6 is 0 Å². The topological polar surface area (TPSA) is 116 Å². The van der Waals surface area contributed by atoms with E-state index in [1.54, 1.807) is 0 Å². The van der Waals surface area contributed by atoms with E-state index < -0.39 is 34.9 Å². The number of rotatable bonds is 3. The van der Waals surface area contributed by atoms with Gasteiger partial charge in [0.15, 0.2) is 22.9 Å². The van der Waals surface area contributed by atoms with E-state index in [1.165, 1.54) is 19.3 Å². The van der Waals surface area contributed by atoms with Crippen molar-refractivity contribution in [1.29, 1.82) is 0 Å². The van der Waals surface area contributed by atoms with Gasteiger partial charge < -0.3 is 15.4 Å². The molecule has 0 spiro atoms. The highest BCUT2D eigenvalue weighted by molar-refractivity contribution is 5.89. The first-order chi connectivity index (χ1) is 14.7. The molecular weight excluding hydrogens is 420 g/mol. The maximum atomic E-state index is 14.3. The van der Waals surface area contributed by atoms with Crippen LogP contribution in [0.15, 0.2) is 35.3 Å².